The lowest BCUT2D eigenvalue weighted by Crippen LogP contribution is -2.57. The summed E-state index contributed by atoms with van der Waals surface area (Å²) in [4.78, 5) is 14.3. The molecule has 2 aliphatic carbocycles. The maximum absolute atomic E-state index is 12.0. The molecular weight excluding hydrogens is 238 g/mol. The summed E-state index contributed by atoms with van der Waals surface area (Å²) in [5.41, 5.74) is 6.12. The van der Waals surface area contributed by atoms with Crippen LogP contribution >= 0.6 is 0 Å². The summed E-state index contributed by atoms with van der Waals surface area (Å²) < 4.78 is 0. The fourth-order valence-corrected chi connectivity index (χ4v) is 3.36. The van der Waals surface area contributed by atoms with Gasteiger partial charge in [0, 0.05) is 24.5 Å². The summed E-state index contributed by atoms with van der Waals surface area (Å²) in [5, 5.41) is 3.15. The van der Waals surface area contributed by atoms with Gasteiger partial charge in [-0.25, -0.2) is 0 Å². The topological polar surface area (TPSA) is 58.4 Å². The van der Waals surface area contributed by atoms with Crippen LogP contribution in [0.1, 0.15) is 51.4 Å². The molecule has 110 valence electrons. The number of hydrogen-bond acceptors (Lipinski definition) is 3. The number of carbonyl (C=O) groups is 1. The van der Waals surface area contributed by atoms with Crippen molar-refractivity contribution in [2.45, 2.75) is 62.9 Å². The van der Waals surface area contributed by atoms with Gasteiger partial charge in [0.05, 0.1) is 0 Å². The second-order valence-corrected chi connectivity index (χ2v) is 6.73. The van der Waals surface area contributed by atoms with E-state index in [1.54, 1.807) is 0 Å². The molecule has 0 heterocycles. The third-order valence-corrected chi connectivity index (χ3v) is 5.21. The van der Waals surface area contributed by atoms with Crippen LogP contribution in [0.3, 0.4) is 0 Å². The van der Waals surface area contributed by atoms with Gasteiger partial charge in [-0.3, -0.25) is 4.79 Å². The predicted octanol–water partition coefficient (Wildman–Crippen LogP) is 1.49. The summed E-state index contributed by atoms with van der Waals surface area (Å²) in [6.45, 7) is 0.811. The van der Waals surface area contributed by atoms with E-state index in [4.69, 9.17) is 5.73 Å². The molecule has 1 amide bonds. The zero-order valence-corrected chi connectivity index (χ0v) is 12.5. The van der Waals surface area contributed by atoms with Crippen LogP contribution in [0.5, 0.6) is 0 Å². The van der Waals surface area contributed by atoms with Crippen LogP contribution in [0.2, 0.25) is 0 Å². The van der Waals surface area contributed by atoms with Crippen LogP contribution in [0.25, 0.3) is 0 Å². The Kier molecular flexibility index (Phi) is 4.85. The number of hydrogen-bond donors (Lipinski definition) is 2. The molecule has 4 nitrogen and oxygen atoms in total. The van der Waals surface area contributed by atoms with Crippen molar-refractivity contribution in [1.29, 1.82) is 0 Å². The largest absolute Gasteiger partial charge is 0.354 e. The molecule has 0 radical (unpaired) electrons. The van der Waals surface area contributed by atoms with Gasteiger partial charge < -0.3 is 16.0 Å². The van der Waals surface area contributed by atoms with Crippen LogP contribution in [-0.4, -0.2) is 43.0 Å². The Morgan fingerprint density at radius 1 is 1.26 bits per heavy atom. The molecule has 0 atom stereocenters. The van der Waals surface area contributed by atoms with Gasteiger partial charge in [-0.15, -0.1) is 0 Å². The van der Waals surface area contributed by atoms with Crippen LogP contribution in [0, 0.1) is 5.92 Å². The van der Waals surface area contributed by atoms with Crippen LogP contribution in [0.15, 0.2) is 0 Å². The van der Waals surface area contributed by atoms with Crippen molar-refractivity contribution in [2.75, 3.05) is 20.6 Å². The molecule has 19 heavy (non-hydrogen) atoms. The first kappa shape index (κ1) is 14.8. The molecular formula is C15H29N3O. The van der Waals surface area contributed by atoms with Crippen LogP contribution in [-0.2, 0) is 4.79 Å². The molecule has 4 heteroatoms. The lowest BCUT2D eigenvalue weighted by atomic mass is 9.75. The zero-order chi connectivity index (χ0) is 13.9. The van der Waals surface area contributed by atoms with Crippen molar-refractivity contribution in [3.05, 3.63) is 0 Å². The molecule has 0 bridgehead atoms. The van der Waals surface area contributed by atoms with Gasteiger partial charge in [0.25, 0.3) is 0 Å². The van der Waals surface area contributed by atoms with E-state index in [-0.39, 0.29) is 11.4 Å². The quantitative estimate of drug-likeness (QED) is 0.793. The highest BCUT2D eigenvalue weighted by Crippen LogP contribution is 2.35. The second-order valence-electron chi connectivity index (χ2n) is 6.73. The minimum Gasteiger partial charge on any atom is -0.354 e. The average Bonchev–Trinajstić information content (AvgIpc) is 2.30. The maximum Gasteiger partial charge on any atom is 0.220 e. The van der Waals surface area contributed by atoms with Crippen molar-refractivity contribution in [3.63, 3.8) is 0 Å². The Morgan fingerprint density at radius 3 is 2.37 bits per heavy atom. The summed E-state index contributed by atoms with van der Waals surface area (Å²) in [6, 6.07) is 0.367. The average molecular weight is 267 g/mol. The van der Waals surface area contributed by atoms with Crippen LogP contribution in [0.4, 0.5) is 0 Å². The van der Waals surface area contributed by atoms with E-state index in [2.05, 4.69) is 24.3 Å². The SMILES string of the molecule is CN(C)C1(CNC(=O)CC2CCC(N)CC2)CCC1. The molecule has 2 saturated carbocycles. The smallest absolute Gasteiger partial charge is 0.220 e. The van der Waals surface area contributed by atoms with Gasteiger partial charge in [-0.2, -0.15) is 0 Å². The highest BCUT2D eigenvalue weighted by Gasteiger charge is 2.39. The van der Waals surface area contributed by atoms with Crippen LogP contribution < -0.4 is 11.1 Å². The van der Waals surface area contributed by atoms with E-state index >= 15 is 0 Å². The minimum absolute atomic E-state index is 0.227. The first-order valence-electron chi connectivity index (χ1n) is 7.71. The monoisotopic (exact) mass is 267 g/mol. The molecule has 0 aromatic rings. The number of nitrogens with zero attached hydrogens (tertiary/aromatic N) is 1. The summed E-state index contributed by atoms with van der Waals surface area (Å²) in [6.07, 6.45) is 8.79. The molecule has 2 fully saturated rings. The Balaban J connectivity index is 1.70. The van der Waals surface area contributed by atoms with Gasteiger partial charge in [-0.1, -0.05) is 0 Å². The Hall–Kier alpha value is -0.610. The predicted molar refractivity (Wildman–Crippen MR) is 77.8 cm³/mol. The van der Waals surface area contributed by atoms with Crippen molar-refractivity contribution in [1.82, 2.24) is 10.2 Å². The summed E-state index contributed by atoms with van der Waals surface area (Å²) in [5.74, 6) is 0.782. The molecule has 0 unspecified atom stereocenters. The molecule has 0 aromatic carbocycles. The van der Waals surface area contributed by atoms with Gasteiger partial charge in [0.2, 0.25) is 5.91 Å². The van der Waals surface area contributed by atoms with Gasteiger partial charge in [0.15, 0.2) is 0 Å². The summed E-state index contributed by atoms with van der Waals surface area (Å²) >= 11 is 0. The number of nitrogens with two attached hydrogens (primary N) is 1. The van der Waals surface area contributed by atoms with E-state index in [1.165, 1.54) is 19.3 Å². The third-order valence-electron chi connectivity index (χ3n) is 5.21. The number of amides is 1. The zero-order valence-electron chi connectivity index (χ0n) is 12.5. The lowest BCUT2D eigenvalue weighted by Gasteiger charge is -2.47. The fraction of sp³-hybridized carbons (Fsp3) is 0.933. The summed E-state index contributed by atoms with van der Waals surface area (Å²) in [7, 11) is 4.24. The van der Waals surface area contributed by atoms with E-state index in [9.17, 15) is 4.79 Å². The maximum atomic E-state index is 12.0. The number of rotatable bonds is 5. The highest BCUT2D eigenvalue weighted by atomic mass is 16.1. The van der Waals surface area contributed by atoms with Crippen molar-refractivity contribution < 1.29 is 4.79 Å². The second kappa shape index (κ2) is 6.23. The first-order valence-corrected chi connectivity index (χ1v) is 7.71. The number of carbonyl (C=O) groups excluding carboxylic acids is 1. The Morgan fingerprint density at radius 2 is 1.89 bits per heavy atom. The molecule has 0 aromatic heterocycles. The third kappa shape index (κ3) is 3.69. The lowest BCUT2D eigenvalue weighted by molar-refractivity contribution is -0.123. The minimum atomic E-state index is 0.227. The van der Waals surface area contributed by atoms with Gasteiger partial charge in [-0.05, 0) is 65.0 Å². The Bertz CT molecular complexity index is 305. The number of nitrogens with one attached hydrogen (secondary N) is 1. The first-order chi connectivity index (χ1) is 9.02. The van der Waals surface area contributed by atoms with Gasteiger partial charge >= 0.3 is 0 Å². The highest BCUT2D eigenvalue weighted by molar-refractivity contribution is 5.76. The van der Waals surface area contributed by atoms with E-state index in [1.807, 2.05) is 0 Å². The Labute approximate surface area is 117 Å². The molecule has 2 aliphatic rings. The van der Waals surface area contributed by atoms with E-state index in [0.717, 1.165) is 32.2 Å². The molecule has 0 spiro atoms. The fourth-order valence-electron chi connectivity index (χ4n) is 3.36. The van der Waals surface area contributed by atoms with Crippen molar-refractivity contribution in [2.24, 2.45) is 11.7 Å². The van der Waals surface area contributed by atoms with Crippen molar-refractivity contribution in [3.8, 4) is 0 Å². The van der Waals surface area contributed by atoms with Crippen molar-refractivity contribution >= 4 is 5.91 Å². The molecule has 0 aliphatic heterocycles. The standard InChI is InChI=1S/C15H29N3O/c1-18(2)15(8-3-9-15)11-17-14(19)10-12-4-6-13(16)7-5-12/h12-13H,3-11,16H2,1-2H3,(H,17,19). The molecule has 3 N–H and O–H groups in total. The number of likely N-dealkylation sites (N-methyl/N-ethyl adjacent to an activating group) is 1. The van der Waals surface area contributed by atoms with Gasteiger partial charge in [0.1, 0.15) is 0 Å². The molecule has 0 saturated heterocycles. The van der Waals surface area contributed by atoms with E-state index < -0.39 is 0 Å². The van der Waals surface area contributed by atoms with E-state index in [0.29, 0.717) is 18.4 Å². The normalized spacial score (nSPS) is 29.9. The molecule has 2 rings (SSSR count).